The first-order chi connectivity index (χ1) is 15.3. The minimum Gasteiger partial charge on any atom is -0.445 e. The molecule has 0 aromatic heterocycles. The van der Waals surface area contributed by atoms with Crippen LogP contribution in [0.1, 0.15) is 24.8 Å². The Labute approximate surface area is 195 Å². The molecule has 0 unspecified atom stereocenters. The number of ether oxygens (including phenoxy) is 1. The van der Waals surface area contributed by atoms with Gasteiger partial charge in [-0.1, -0.05) is 30.3 Å². The zero-order valence-corrected chi connectivity index (χ0v) is 20.5. The monoisotopic (exact) mass is 476 g/mol. The van der Waals surface area contributed by atoms with E-state index in [2.05, 4.69) is 10.2 Å². The fourth-order valence-electron chi connectivity index (χ4n) is 4.16. The molecule has 1 aliphatic rings. The highest BCUT2D eigenvalue weighted by Crippen LogP contribution is 2.30. The second kappa shape index (κ2) is 11.2. The quantitative estimate of drug-likeness (QED) is 0.576. The summed E-state index contributed by atoms with van der Waals surface area (Å²) in [5.41, 5.74) is 0.909. The van der Waals surface area contributed by atoms with E-state index in [-0.39, 0.29) is 30.4 Å². The fraction of sp³-hybridized carbons (Fsp3) is 0.458. The number of carbonyl (C=O) groups is 1. The topological polar surface area (TPSA) is 75.7 Å². The maximum absolute atomic E-state index is 13.2. The molecule has 1 aliphatic carbocycles. The van der Waals surface area contributed by atoms with E-state index in [0.717, 1.165) is 23.3 Å². The number of thioether (sulfide) groups is 1. The molecule has 32 heavy (non-hydrogen) atoms. The van der Waals surface area contributed by atoms with Crippen molar-refractivity contribution in [2.75, 3.05) is 26.1 Å². The SMILES string of the molecule is CSc1ccc(S(=O)(=O)C[C@@H]2C[C@@H](N(C)C)CC[C@@H]2NC(=O)OCc2ccccc2)cc1. The molecule has 0 radical (unpaired) electrons. The van der Waals surface area contributed by atoms with Gasteiger partial charge in [-0.05, 0) is 75.4 Å². The third-order valence-electron chi connectivity index (χ3n) is 6.05. The molecule has 0 bridgehead atoms. The summed E-state index contributed by atoms with van der Waals surface area (Å²) in [5.74, 6) is -0.190. The normalized spacial score (nSPS) is 21.3. The number of carbonyl (C=O) groups excluding carboxylic acids is 1. The van der Waals surface area contributed by atoms with Crippen molar-refractivity contribution in [3.8, 4) is 0 Å². The van der Waals surface area contributed by atoms with E-state index in [0.29, 0.717) is 11.3 Å². The van der Waals surface area contributed by atoms with E-state index in [1.165, 1.54) is 0 Å². The number of amides is 1. The Hall–Kier alpha value is -2.03. The maximum atomic E-state index is 13.2. The van der Waals surface area contributed by atoms with Gasteiger partial charge < -0.3 is 15.0 Å². The van der Waals surface area contributed by atoms with Crippen molar-refractivity contribution in [3.05, 3.63) is 60.2 Å². The summed E-state index contributed by atoms with van der Waals surface area (Å²) >= 11 is 1.58. The lowest BCUT2D eigenvalue weighted by atomic mass is 9.82. The first kappa shape index (κ1) is 24.6. The summed E-state index contributed by atoms with van der Waals surface area (Å²) in [6.07, 6.45) is 3.78. The van der Waals surface area contributed by atoms with Crippen LogP contribution in [-0.4, -0.2) is 57.6 Å². The standard InChI is InChI=1S/C24H32N2O4S2/c1-26(2)20-9-14-23(25-24(27)30-16-18-7-5-4-6-8-18)19(15-20)17-32(28,29)22-12-10-21(31-3)11-13-22/h4-8,10-13,19-20,23H,9,14-17H2,1-3H3,(H,25,27)/t19-,20-,23-/m0/s1. The van der Waals surface area contributed by atoms with Crippen LogP contribution in [0.25, 0.3) is 0 Å². The van der Waals surface area contributed by atoms with Crippen LogP contribution in [-0.2, 0) is 21.2 Å². The van der Waals surface area contributed by atoms with Crippen LogP contribution in [0.3, 0.4) is 0 Å². The van der Waals surface area contributed by atoms with Gasteiger partial charge in [0.25, 0.3) is 0 Å². The molecular formula is C24H32N2O4S2. The van der Waals surface area contributed by atoms with Crippen LogP contribution in [0.5, 0.6) is 0 Å². The summed E-state index contributed by atoms with van der Waals surface area (Å²) in [4.78, 5) is 15.9. The maximum Gasteiger partial charge on any atom is 0.407 e. The second-order valence-electron chi connectivity index (χ2n) is 8.46. The van der Waals surface area contributed by atoms with Crippen molar-refractivity contribution in [3.63, 3.8) is 0 Å². The van der Waals surface area contributed by atoms with Gasteiger partial charge in [-0.25, -0.2) is 13.2 Å². The minimum atomic E-state index is -3.48. The molecular weight excluding hydrogens is 444 g/mol. The third-order valence-corrected chi connectivity index (χ3v) is 8.65. The van der Waals surface area contributed by atoms with Crippen LogP contribution in [0.4, 0.5) is 4.79 Å². The van der Waals surface area contributed by atoms with Crippen molar-refractivity contribution in [1.29, 1.82) is 0 Å². The molecule has 3 rings (SSSR count). The largest absolute Gasteiger partial charge is 0.445 e. The fourth-order valence-corrected chi connectivity index (χ4v) is 6.24. The lowest BCUT2D eigenvalue weighted by Crippen LogP contribution is -2.49. The Morgan fingerprint density at radius 3 is 2.41 bits per heavy atom. The van der Waals surface area contributed by atoms with Gasteiger partial charge in [0.2, 0.25) is 0 Å². The summed E-state index contributed by atoms with van der Waals surface area (Å²) in [6, 6.07) is 16.5. The van der Waals surface area contributed by atoms with E-state index < -0.39 is 15.9 Å². The van der Waals surface area contributed by atoms with Crippen molar-refractivity contribution in [1.82, 2.24) is 10.2 Å². The van der Waals surface area contributed by atoms with Crippen LogP contribution in [0, 0.1) is 5.92 Å². The van der Waals surface area contributed by atoms with E-state index >= 15 is 0 Å². The molecule has 0 saturated heterocycles. The Morgan fingerprint density at radius 1 is 1.09 bits per heavy atom. The first-order valence-electron chi connectivity index (χ1n) is 10.8. The minimum absolute atomic E-state index is 0.000410. The van der Waals surface area contributed by atoms with Gasteiger partial charge in [0, 0.05) is 17.0 Å². The molecule has 0 aliphatic heterocycles. The third kappa shape index (κ3) is 6.73. The highest BCUT2D eigenvalue weighted by Gasteiger charge is 2.36. The van der Waals surface area contributed by atoms with Gasteiger partial charge >= 0.3 is 6.09 Å². The Kier molecular flexibility index (Phi) is 8.62. The molecule has 0 heterocycles. The van der Waals surface area contributed by atoms with Gasteiger partial charge in [0.15, 0.2) is 9.84 Å². The molecule has 8 heteroatoms. The molecule has 2 aromatic carbocycles. The predicted molar refractivity (Wildman–Crippen MR) is 129 cm³/mol. The molecule has 3 atom stereocenters. The molecule has 1 amide bonds. The Morgan fingerprint density at radius 2 is 1.78 bits per heavy atom. The lowest BCUT2D eigenvalue weighted by Gasteiger charge is -2.38. The molecule has 6 nitrogen and oxygen atoms in total. The van der Waals surface area contributed by atoms with Crippen molar-refractivity contribution in [2.45, 2.75) is 47.7 Å². The number of sulfone groups is 1. The van der Waals surface area contributed by atoms with E-state index in [1.807, 2.05) is 62.8 Å². The number of nitrogens with zero attached hydrogens (tertiary/aromatic N) is 1. The zero-order chi connectivity index (χ0) is 23.1. The van der Waals surface area contributed by atoms with E-state index in [9.17, 15) is 13.2 Å². The number of alkyl carbamates (subject to hydrolysis) is 1. The second-order valence-corrected chi connectivity index (χ2v) is 11.4. The number of hydrogen-bond donors (Lipinski definition) is 1. The Bertz CT molecular complexity index is 979. The van der Waals surface area contributed by atoms with Gasteiger partial charge in [-0.2, -0.15) is 0 Å². The average molecular weight is 477 g/mol. The lowest BCUT2D eigenvalue weighted by molar-refractivity contribution is 0.117. The van der Waals surface area contributed by atoms with Gasteiger partial charge in [0.1, 0.15) is 6.61 Å². The average Bonchev–Trinajstić information content (AvgIpc) is 2.79. The molecule has 1 fully saturated rings. The highest BCUT2D eigenvalue weighted by atomic mass is 32.2. The highest BCUT2D eigenvalue weighted by molar-refractivity contribution is 7.98. The summed E-state index contributed by atoms with van der Waals surface area (Å²) in [5, 5.41) is 2.94. The Balaban J connectivity index is 1.68. The molecule has 1 N–H and O–H groups in total. The zero-order valence-electron chi connectivity index (χ0n) is 18.9. The molecule has 1 saturated carbocycles. The van der Waals surface area contributed by atoms with Crippen LogP contribution < -0.4 is 5.32 Å². The van der Waals surface area contributed by atoms with Crippen LogP contribution in [0.15, 0.2) is 64.4 Å². The summed E-state index contributed by atoms with van der Waals surface area (Å²) in [6.45, 7) is 0.185. The van der Waals surface area contributed by atoms with Crippen molar-refractivity contribution < 1.29 is 17.9 Å². The number of benzene rings is 2. The predicted octanol–water partition coefficient (Wildman–Crippen LogP) is 4.21. The van der Waals surface area contributed by atoms with Gasteiger partial charge in [0.05, 0.1) is 10.6 Å². The first-order valence-corrected chi connectivity index (χ1v) is 13.7. The van der Waals surface area contributed by atoms with Crippen LogP contribution in [0.2, 0.25) is 0 Å². The van der Waals surface area contributed by atoms with E-state index in [4.69, 9.17) is 4.74 Å². The summed E-state index contributed by atoms with van der Waals surface area (Å²) in [7, 11) is 0.548. The van der Waals surface area contributed by atoms with E-state index in [1.54, 1.807) is 23.9 Å². The van der Waals surface area contributed by atoms with Crippen LogP contribution >= 0.6 is 11.8 Å². The number of nitrogens with one attached hydrogen (secondary N) is 1. The molecule has 0 spiro atoms. The van der Waals surface area contributed by atoms with Crippen molar-refractivity contribution in [2.24, 2.45) is 5.92 Å². The van der Waals surface area contributed by atoms with Gasteiger partial charge in [-0.3, -0.25) is 0 Å². The van der Waals surface area contributed by atoms with Gasteiger partial charge in [-0.15, -0.1) is 11.8 Å². The smallest absolute Gasteiger partial charge is 0.407 e. The molecule has 174 valence electrons. The number of rotatable bonds is 8. The van der Waals surface area contributed by atoms with Crippen molar-refractivity contribution >= 4 is 27.7 Å². The molecule has 2 aromatic rings. The number of hydrogen-bond acceptors (Lipinski definition) is 6. The summed E-state index contributed by atoms with van der Waals surface area (Å²) < 4.78 is 31.7.